The minimum absolute atomic E-state index is 0.0103. The fourth-order valence-electron chi connectivity index (χ4n) is 2.88. The molecular formula is C18H17F3N2O. The summed E-state index contributed by atoms with van der Waals surface area (Å²) < 4.78 is 37.8. The molecular weight excluding hydrogens is 317 g/mol. The molecule has 0 radical (unpaired) electrons. The van der Waals surface area contributed by atoms with Gasteiger partial charge in [-0.2, -0.15) is 13.2 Å². The van der Waals surface area contributed by atoms with Gasteiger partial charge in [-0.3, -0.25) is 9.78 Å². The summed E-state index contributed by atoms with van der Waals surface area (Å²) in [7, 11) is 1.73. The Bertz CT molecular complexity index is 713. The molecule has 1 aliphatic rings. The van der Waals surface area contributed by atoms with Crippen molar-refractivity contribution in [2.75, 3.05) is 7.05 Å². The van der Waals surface area contributed by atoms with Gasteiger partial charge in [-0.05, 0) is 41.7 Å². The van der Waals surface area contributed by atoms with Crippen LogP contribution in [0.25, 0.3) is 0 Å². The second kappa shape index (κ2) is 6.26. The molecule has 0 bridgehead atoms. The Morgan fingerprint density at radius 1 is 1.25 bits per heavy atom. The average molecular weight is 334 g/mol. The predicted molar refractivity (Wildman–Crippen MR) is 83.0 cm³/mol. The van der Waals surface area contributed by atoms with Crippen LogP contribution in [0, 0.1) is 5.92 Å². The minimum Gasteiger partial charge on any atom is -0.341 e. The highest BCUT2D eigenvalue weighted by atomic mass is 19.4. The highest BCUT2D eigenvalue weighted by molar-refractivity contribution is 5.82. The van der Waals surface area contributed by atoms with Gasteiger partial charge >= 0.3 is 6.18 Å². The fourth-order valence-corrected chi connectivity index (χ4v) is 2.88. The van der Waals surface area contributed by atoms with Gasteiger partial charge in [0.2, 0.25) is 5.91 Å². The Balaban J connectivity index is 1.61. The zero-order chi connectivity index (χ0) is 17.3. The Hall–Kier alpha value is -2.37. The number of alkyl halides is 3. The van der Waals surface area contributed by atoms with Crippen molar-refractivity contribution >= 4 is 5.91 Å². The number of halogens is 3. The molecule has 24 heavy (non-hydrogen) atoms. The molecule has 126 valence electrons. The molecule has 1 fully saturated rings. The zero-order valence-electron chi connectivity index (χ0n) is 13.1. The third kappa shape index (κ3) is 3.58. The van der Waals surface area contributed by atoms with Gasteiger partial charge in [0.25, 0.3) is 0 Å². The molecule has 0 spiro atoms. The Morgan fingerprint density at radius 2 is 1.96 bits per heavy atom. The quantitative estimate of drug-likeness (QED) is 0.850. The van der Waals surface area contributed by atoms with Crippen molar-refractivity contribution in [1.29, 1.82) is 0 Å². The Kier molecular flexibility index (Phi) is 4.30. The maximum absolute atomic E-state index is 12.6. The van der Waals surface area contributed by atoms with E-state index in [1.54, 1.807) is 24.3 Å². The first-order valence-corrected chi connectivity index (χ1v) is 7.67. The summed E-state index contributed by atoms with van der Waals surface area (Å²) >= 11 is 0. The smallest absolute Gasteiger partial charge is 0.341 e. The van der Waals surface area contributed by atoms with E-state index in [-0.39, 0.29) is 17.7 Å². The van der Waals surface area contributed by atoms with Gasteiger partial charge < -0.3 is 4.90 Å². The van der Waals surface area contributed by atoms with E-state index in [9.17, 15) is 18.0 Å². The Labute approximate surface area is 138 Å². The summed E-state index contributed by atoms with van der Waals surface area (Å²) in [5.41, 5.74) is 1.07. The molecule has 0 aliphatic heterocycles. The number of benzene rings is 1. The summed E-state index contributed by atoms with van der Waals surface area (Å²) in [5, 5.41) is 0. The van der Waals surface area contributed by atoms with Crippen LogP contribution in [0.2, 0.25) is 0 Å². The molecule has 1 heterocycles. The fraction of sp³-hybridized carbons (Fsp3) is 0.333. The number of nitrogens with zero attached hydrogens (tertiary/aromatic N) is 2. The van der Waals surface area contributed by atoms with Crippen molar-refractivity contribution in [3.8, 4) is 0 Å². The topological polar surface area (TPSA) is 33.2 Å². The highest BCUT2D eigenvalue weighted by Gasteiger charge is 2.45. The summed E-state index contributed by atoms with van der Waals surface area (Å²) in [6, 6.07) is 8.82. The number of pyridine rings is 1. The normalized spacial score (nSPS) is 19.8. The van der Waals surface area contributed by atoms with E-state index in [2.05, 4.69) is 4.98 Å². The molecule has 3 rings (SSSR count). The lowest BCUT2D eigenvalue weighted by atomic mass is 10.1. The van der Waals surface area contributed by atoms with Crippen molar-refractivity contribution in [3.63, 3.8) is 0 Å². The molecule has 1 aromatic heterocycles. The molecule has 2 unspecified atom stereocenters. The number of amides is 1. The van der Waals surface area contributed by atoms with Gasteiger partial charge in [-0.1, -0.05) is 18.2 Å². The zero-order valence-corrected chi connectivity index (χ0v) is 13.1. The van der Waals surface area contributed by atoms with Gasteiger partial charge in [0.05, 0.1) is 5.56 Å². The number of carbonyl (C=O) groups excluding carboxylic acids is 1. The highest BCUT2D eigenvalue weighted by Crippen LogP contribution is 2.48. The van der Waals surface area contributed by atoms with Gasteiger partial charge in [0.15, 0.2) is 0 Å². The van der Waals surface area contributed by atoms with Crippen LogP contribution in [0.15, 0.2) is 48.8 Å². The predicted octanol–water partition coefficient (Wildman–Crippen LogP) is 3.86. The molecule has 0 saturated heterocycles. The number of rotatable bonds is 4. The average Bonchev–Trinajstić information content (AvgIpc) is 3.35. The van der Waals surface area contributed by atoms with Crippen LogP contribution in [-0.4, -0.2) is 22.8 Å². The second-order valence-electron chi connectivity index (χ2n) is 6.12. The lowest BCUT2D eigenvalue weighted by Gasteiger charge is -2.17. The summed E-state index contributed by atoms with van der Waals surface area (Å²) in [6.45, 7) is 0.475. The van der Waals surface area contributed by atoms with Crippen LogP contribution in [0.5, 0.6) is 0 Å². The van der Waals surface area contributed by atoms with E-state index in [0.29, 0.717) is 13.0 Å². The van der Waals surface area contributed by atoms with E-state index in [1.165, 1.54) is 12.1 Å². The van der Waals surface area contributed by atoms with Crippen LogP contribution in [0.1, 0.15) is 29.0 Å². The first-order chi connectivity index (χ1) is 11.4. The monoisotopic (exact) mass is 334 g/mol. The lowest BCUT2D eigenvalue weighted by molar-refractivity contribution is -0.137. The second-order valence-corrected chi connectivity index (χ2v) is 6.12. The van der Waals surface area contributed by atoms with Crippen LogP contribution < -0.4 is 0 Å². The van der Waals surface area contributed by atoms with Gasteiger partial charge in [-0.15, -0.1) is 0 Å². The lowest BCUT2D eigenvalue weighted by Crippen LogP contribution is -2.28. The van der Waals surface area contributed by atoms with Crippen LogP contribution >= 0.6 is 0 Å². The number of hydrogen-bond donors (Lipinski definition) is 0. The van der Waals surface area contributed by atoms with Gasteiger partial charge in [0, 0.05) is 31.9 Å². The molecule has 1 saturated carbocycles. The third-order valence-electron chi connectivity index (χ3n) is 4.29. The van der Waals surface area contributed by atoms with Crippen molar-refractivity contribution in [2.45, 2.75) is 25.1 Å². The van der Waals surface area contributed by atoms with Crippen molar-refractivity contribution in [2.24, 2.45) is 5.92 Å². The Morgan fingerprint density at radius 3 is 2.54 bits per heavy atom. The van der Waals surface area contributed by atoms with E-state index in [1.807, 2.05) is 12.1 Å². The van der Waals surface area contributed by atoms with E-state index >= 15 is 0 Å². The number of aromatic nitrogens is 1. The van der Waals surface area contributed by atoms with Crippen LogP contribution in [0.4, 0.5) is 13.2 Å². The molecule has 2 atom stereocenters. The summed E-state index contributed by atoms with van der Waals surface area (Å²) in [5.74, 6) is -0.122. The molecule has 3 nitrogen and oxygen atoms in total. The first kappa shape index (κ1) is 16.5. The maximum atomic E-state index is 12.6. The standard InChI is InChI=1S/C18H17F3N2O/c1-23(11-12-3-2-8-22-10-12)17(24)16-9-15(16)13-4-6-14(7-5-13)18(19,20)21/h2-8,10,15-16H,9,11H2,1H3. The molecule has 1 amide bonds. The number of carbonyl (C=O) groups is 1. The number of hydrogen-bond acceptors (Lipinski definition) is 2. The first-order valence-electron chi connectivity index (χ1n) is 7.67. The van der Waals surface area contributed by atoms with Crippen molar-refractivity contribution in [1.82, 2.24) is 9.88 Å². The van der Waals surface area contributed by atoms with Crippen molar-refractivity contribution < 1.29 is 18.0 Å². The summed E-state index contributed by atoms with van der Waals surface area (Å²) in [6.07, 6.45) is -0.264. The molecule has 2 aromatic rings. The van der Waals surface area contributed by atoms with Gasteiger partial charge in [-0.25, -0.2) is 0 Å². The third-order valence-corrected chi connectivity index (χ3v) is 4.29. The maximum Gasteiger partial charge on any atom is 0.416 e. The van der Waals surface area contributed by atoms with Crippen molar-refractivity contribution in [3.05, 3.63) is 65.5 Å². The van der Waals surface area contributed by atoms with Crippen LogP contribution in [0.3, 0.4) is 0 Å². The van der Waals surface area contributed by atoms with E-state index < -0.39 is 11.7 Å². The van der Waals surface area contributed by atoms with E-state index in [0.717, 1.165) is 23.3 Å². The molecule has 0 N–H and O–H groups in total. The molecule has 1 aromatic carbocycles. The molecule has 6 heteroatoms. The largest absolute Gasteiger partial charge is 0.416 e. The van der Waals surface area contributed by atoms with Gasteiger partial charge in [0.1, 0.15) is 0 Å². The SMILES string of the molecule is CN(Cc1cccnc1)C(=O)C1CC1c1ccc(C(F)(F)F)cc1. The summed E-state index contributed by atoms with van der Waals surface area (Å²) in [4.78, 5) is 18.1. The molecule has 1 aliphatic carbocycles. The minimum atomic E-state index is -4.33. The van der Waals surface area contributed by atoms with E-state index in [4.69, 9.17) is 0 Å². The van der Waals surface area contributed by atoms with Crippen LogP contribution in [-0.2, 0) is 17.5 Å².